The van der Waals surface area contributed by atoms with E-state index in [1.165, 1.54) is 24.4 Å². The van der Waals surface area contributed by atoms with Crippen molar-refractivity contribution in [3.8, 4) is 11.3 Å². The van der Waals surface area contributed by atoms with E-state index in [0.717, 1.165) is 61.3 Å². The predicted octanol–water partition coefficient (Wildman–Crippen LogP) is 8.64. The Balaban J connectivity index is 0.777. The lowest BCUT2D eigenvalue weighted by Crippen LogP contribution is -2.50. The molecule has 6 rings (SSSR count). The molecule has 0 atom stereocenters. The summed E-state index contributed by atoms with van der Waals surface area (Å²) in [6.45, 7) is 13.5. The molecule has 89 heavy (non-hydrogen) atoms. The third-order valence-electron chi connectivity index (χ3n) is 14.3. The van der Waals surface area contributed by atoms with E-state index in [0.29, 0.717) is 159 Å². The molecule has 4 amide bonds. The second-order valence-corrected chi connectivity index (χ2v) is 20.7. The molecule has 1 aromatic heterocycles. The number of aromatic nitrogens is 1. The minimum atomic E-state index is -4.51. The highest BCUT2D eigenvalue weighted by atomic mass is 19.4. The number of anilines is 2. The molecule has 5 aromatic rings. The number of alkyl halides is 3. The lowest BCUT2D eigenvalue weighted by Gasteiger charge is -2.35. The average molecular weight is 1240 g/mol. The number of rotatable bonds is 42. The van der Waals surface area contributed by atoms with Crippen molar-refractivity contribution in [2.45, 2.75) is 65.1 Å². The van der Waals surface area contributed by atoms with Crippen molar-refractivity contribution in [1.82, 2.24) is 20.1 Å². The number of hydrogen-bond acceptors (Lipinski definition) is 15. The zero-order valence-electron chi connectivity index (χ0n) is 51.1. The summed E-state index contributed by atoms with van der Waals surface area (Å²) in [4.78, 5) is 74.1. The summed E-state index contributed by atoms with van der Waals surface area (Å²) in [5.74, 6) is -1.78. The number of aliphatic carboxylic acids is 1. The van der Waals surface area contributed by atoms with Gasteiger partial charge in [-0.05, 0) is 123 Å². The fourth-order valence-corrected chi connectivity index (χ4v) is 9.52. The molecule has 0 aliphatic carbocycles. The van der Waals surface area contributed by atoms with Gasteiger partial charge in [0.15, 0.2) is 0 Å². The van der Waals surface area contributed by atoms with E-state index < -0.39 is 23.6 Å². The van der Waals surface area contributed by atoms with Gasteiger partial charge in [-0.3, -0.25) is 29.0 Å². The fraction of sp³-hybridized carbons (Fsp3) is 0.485. The zero-order chi connectivity index (χ0) is 63.5. The number of carbonyl (C=O) groups is 5. The summed E-state index contributed by atoms with van der Waals surface area (Å²) in [6.07, 6.45) is 0.146. The van der Waals surface area contributed by atoms with Crippen LogP contribution in [0.4, 0.5) is 24.5 Å². The van der Waals surface area contributed by atoms with Gasteiger partial charge in [-0.1, -0.05) is 36.4 Å². The Bertz CT molecular complexity index is 2960. The first-order valence-electron chi connectivity index (χ1n) is 30.4. The predicted molar refractivity (Wildman–Crippen MR) is 329 cm³/mol. The maximum Gasteiger partial charge on any atom is 0.416 e. The highest BCUT2D eigenvalue weighted by Gasteiger charge is 2.30. The van der Waals surface area contributed by atoms with Gasteiger partial charge in [0.25, 0.3) is 17.7 Å². The fourth-order valence-electron chi connectivity index (χ4n) is 9.52. The second kappa shape index (κ2) is 39.6. The van der Waals surface area contributed by atoms with Crippen molar-refractivity contribution in [3.05, 3.63) is 148 Å². The smallest absolute Gasteiger partial charge is 0.416 e. The minimum absolute atomic E-state index is 0.0145. The van der Waals surface area contributed by atoms with Crippen LogP contribution in [-0.4, -0.2) is 194 Å². The van der Waals surface area contributed by atoms with E-state index in [1.807, 2.05) is 74.5 Å². The molecule has 3 N–H and O–H groups in total. The summed E-state index contributed by atoms with van der Waals surface area (Å²) in [5, 5.41) is 14.3. The van der Waals surface area contributed by atoms with Crippen LogP contribution in [0.2, 0.25) is 0 Å². The van der Waals surface area contributed by atoms with Gasteiger partial charge in [0.2, 0.25) is 5.91 Å². The van der Waals surface area contributed by atoms with Crippen LogP contribution in [0.25, 0.3) is 11.3 Å². The number of nitrogens with one attached hydrogen (secondary N) is 2. The molecule has 0 saturated carbocycles. The van der Waals surface area contributed by atoms with Gasteiger partial charge in [-0.2, -0.15) is 13.2 Å². The van der Waals surface area contributed by atoms with Gasteiger partial charge in [0.05, 0.1) is 122 Å². The molecule has 23 heteroatoms. The molecule has 484 valence electrons. The van der Waals surface area contributed by atoms with Crippen LogP contribution in [0.1, 0.15) is 92.9 Å². The number of piperazine rings is 1. The van der Waals surface area contributed by atoms with Gasteiger partial charge in [-0.15, -0.1) is 0 Å². The molecule has 0 spiro atoms. The molecule has 0 radical (unpaired) electrons. The first-order chi connectivity index (χ1) is 43.2. The molecular formula is C66H85F3N6O14. The van der Waals surface area contributed by atoms with Gasteiger partial charge in [0, 0.05) is 93.2 Å². The third kappa shape index (κ3) is 26.0. The SMILES string of the molecule is CCN(CC)c1ccc(NC(=O)c2cccc(CCCOCCOCCOCCOCCC(=O)N3CCN(C(=O)c4cccc(CCCOCCOCCOCCOCCC(=O)O)c4)CC3)c2)c(-c2cc(C(=O)NCc3cccc(C(F)(F)F)c3)ccn2)c1. The van der Waals surface area contributed by atoms with E-state index >= 15 is 0 Å². The average Bonchev–Trinajstić information content (AvgIpc) is 2.05. The first kappa shape index (κ1) is 70.7. The van der Waals surface area contributed by atoms with E-state index in [1.54, 1.807) is 21.9 Å². The number of aryl methyl sites for hydroxylation is 2. The van der Waals surface area contributed by atoms with Crippen LogP contribution in [-0.2, 0) is 73.0 Å². The van der Waals surface area contributed by atoms with Gasteiger partial charge < -0.3 is 68.3 Å². The summed E-state index contributed by atoms with van der Waals surface area (Å²) in [6, 6.07) is 28.6. The minimum Gasteiger partial charge on any atom is -0.481 e. The standard InChI is InChI=1S/C66H85F3N6O14/c1-3-73(4-2)57-18-19-59(58(48-57)60-47-54(20-23-70-60)63(79)71-49-52-12-7-17-56(46-52)66(67,68)69)72-64(80)53-15-5-10-50(44-53)13-8-28-82-32-36-86-40-42-88-38-34-84-30-21-61(76)74-24-26-75(27-25-74)65(81)55-16-6-11-51(45-55)14-9-29-83-33-37-87-41-43-89-39-35-85-31-22-62(77)78/h5-7,10-12,15-20,23,44-48H,3-4,8-9,13-14,21-22,24-43,49H2,1-2H3,(H,71,79)(H,72,80)(H,77,78). The number of carboxylic acids is 1. The molecule has 1 aliphatic heterocycles. The van der Waals surface area contributed by atoms with E-state index in [9.17, 15) is 37.1 Å². The Morgan fingerprint density at radius 1 is 0.539 bits per heavy atom. The van der Waals surface area contributed by atoms with Crippen molar-refractivity contribution < 1.29 is 80.1 Å². The molecule has 0 unspecified atom stereocenters. The summed E-state index contributed by atoms with van der Waals surface area (Å²) in [5.41, 5.74) is 5.23. The Kier molecular flexibility index (Phi) is 31.5. The molecule has 4 aromatic carbocycles. The van der Waals surface area contributed by atoms with E-state index in [-0.39, 0.29) is 55.9 Å². The van der Waals surface area contributed by atoms with Gasteiger partial charge in [0.1, 0.15) is 0 Å². The van der Waals surface area contributed by atoms with Gasteiger partial charge in [-0.25, -0.2) is 0 Å². The number of benzene rings is 4. The lowest BCUT2D eigenvalue weighted by atomic mass is 10.0. The highest BCUT2D eigenvalue weighted by Crippen LogP contribution is 2.33. The molecule has 20 nitrogen and oxygen atoms in total. The normalized spacial score (nSPS) is 12.5. The topological polar surface area (TPSA) is 226 Å². The zero-order valence-corrected chi connectivity index (χ0v) is 51.1. The molecule has 0 bridgehead atoms. The molecule has 1 aliphatic rings. The van der Waals surface area contributed by atoms with Crippen molar-refractivity contribution in [3.63, 3.8) is 0 Å². The van der Waals surface area contributed by atoms with Crippen molar-refractivity contribution in [1.29, 1.82) is 0 Å². The molecule has 1 saturated heterocycles. The summed E-state index contributed by atoms with van der Waals surface area (Å²) in [7, 11) is 0. The molecular weight excluding hydrogens is 1160 g/mol. The van der Waals surface area contributed by atoms with Crippen LogP contribution in [0.3, 0.4) is 0 Å². The maximum atomic E-state index is 13.8. The molecule has 1 fully saturated rings. The molecule has 2 heterocycles. The van der Waals surface area contributed by atoms with E-state index in [4.69, 9.17) is 43.0 Å². The summed E-state index contributed by atoms with van der Waals surface area (Å²) >= 11 is 0. The number of amides is 4. The number of nitrogens with zero attached hydrogens (tertiary/aromatic N) is 4. The quantitative estimate of drug-likeness (QED) is 0.0311. The highest BCUT2D eigenvalue weighted by molar-refractivity contribution is 6.07. The Labute approximate surface area is 519 Å². The monoisotopic (exact) mass is 1240 g/mol. The second-order valence-electron chi connectivity index (χ2n) is 20.7. The Morgan fingerprint density at radius 3 is 1.60 bits per heavy atom. The number of pyridine rings is 1. The van der Waals surface area contributed by atoms with Crippen molar-refractivity contribution in [2.24, 2.45) is 0 Å². The van der Waals surface area contributed by atoms with Crippen LogP contribution >= 0.6 is 0 Å². The Morgan fingerprint density at radius 2 is 1.03 bits per heavy atom. The van der Waals surface area contributed by atoms with Crippen LogP contribution in [0.5, 0.6) is 0 Å². The largest absolute Gasteiger partial charge is 0.481 e. The maximum absolute atomic E-state index is 13.8. The number of carboxylic acid groups (broad SMARTS) is 1. The number of carbonyl (C=O) groups excluding carboxylic acids is 4. The van der Waals surface area contributed by atoms with E-state index in [2.05, 4.69) is 20.5 Å². The van der Waals surface area contributed by atoms with Crippen LogP contribution in [0, 0.1) is 0 Å². The third-order valence-corrected chi connectivity index (χ3v) is 14.3. The van der Waals surface area contributed by atoms with Gasteiger partial charge >= 0.3 is 12.1 Å². The number of ether oxygens (including phenoxy) is 8. The van der Waals surface area contributed by atoms with Crippen LogP contribution < -0.4 is 15.5 Å². The van der Waals surface area contributed by atoms with Crippen molar-refractivity contribution in [2.75, 3.05) is 155 Å². The van der Waals surface area contributed by atoms with Crippen molar-refractivity contribution >= 4 is 41.0 Å². The van der Waals surface area contributed by atoms with Crippen LogP contribution in [0.15, 0.2) is 109 Å². The number of halogens is 3. The number of hydrogen-bond donors (Lipinski definition) is 3. The summed E-state index contributed by atoms with van der Waals surface area (Å²) < 4.78 is 84.3. The first-order valence-corrected chi connectivity index (χ1v) is 30.4. The Hall–Kier alpha value is -7.35. The lowest BCUT2D eigenvalue weighted by molar-refractivity contribution is -0.139.